The van der Waals surface area contributed by atoms with Gasteiger partial charge in [0, 0.05) is 34.8 Å². The van der Waals surface area contributed by atoms with Crippen molar-refractivity contribution in [3.05, 3.63) is 64.6 Å². The molecule has 0 aliphatic heterocycles. The van der Waals surface area contributed by atoms with Crippen LogP contribution in [0.15, 0.2) is 63.2 Å². The van der Waals surface area contributed by atoms with E-state index in [1.165, 1.54) is 24.3 Å². The summed E-state index contributed by atoms with van der Waals surface area (Å²) < 4.78 is 40.3. The van der Waals surface area contributed by atoms with Crippen LogP contribution in [0.3, 0.4) is 0 Å². The number of nitrogens with two attached hydrogens (primary N) is 1. The van der Waals surface area contributed by atoms with Crippen LogP contribution in [0, 0.1) is 5.41 Å². The maximum atomic E-state index is 11.9. The van der Waals surface area contributed by atoms with Crippen LogP contribution in [-0.2, 0) is 28.9 Å². The number of nitrogens with one attached hydrogen (secondary N) is 2. The average Bonchev–Trinajstić information content (AvgIpc) is 2.88. The Morgan fingerprint density at radius 3 is 2.35 bits per heavy atom. The molecule has 0 spiro atoms. The number of rotatable bonds is 8. The fourth-order valence-electron chi connectivity index (χ4n) is 3.31. The van der Waals surface area contributed by atoms with Crippen LogP contribution in [0.5, 0.6) is 0 Å². The summed E-state index contributed by atoms with van der Waals surface area (Å²) >= 11 is 1.23. The van der Waals surface area contributed by atoms with Crippen molar-refractivity contribution in [3.8, 4) is 0 Å². The molecule has 0 radical (unpaired) electrons. The van der Waals surface area contributed by atoms with E-state index in [2.05, 4.69) is 24.1 Å². The number of benzene rings is 3. The summed E-state index contributed by atoms with van der Waals surface area (Å²) in [5.41, 5.74) is 7.86. The van der Waals surface area contributed by atoms with Crippen molar-refractivity contribution in [3.63, 3.8) is 0 Å². The maximum absolute atomic E-state index is 11.9. The molecule has 0 saturated carbocycles. The van der Waals surface area contributed by atoms with Gasteiger partial charge in [-0.1, -0.05) is 28.3 Å². The lowest BCUT2D eigenvalue weighted by molar-refractivity contribution is -0.432. The summed E-state index contributed by atoms with van der Waals surface area (Å²) in [5.74, 6) is -0.390. The molecule has 0 amide bonds. The number of carbonyl (C=O) groups excluding carboxylic acids is 1. The molecular formula is C21H19N3O10S3. The summed E-state index contributed by atoms with van der Waals surface area (Å²) in [6, 6.07) is 12.5. The van der Waals surface area contributed by atoms with E-state index in [9.17, 15) is 13.2 Å². The van der Waals surface area contributed by atoms with E-state index in [0.29, 0.717) is 51.2 Å². The highest BCUT2D eigenvalue weighted by molar-refractivity contribution is 7.99. The predicted octanol–water partition coefficient (Wildman–Crippen LogP) is 4.45. The van der Waals surface area contributed by atoms with Gasteiger partial charge in [0.15, 0.2) is 0 Å². The molecule has 13 nitrogen and oxygen atoms in total. The Balaban J connectivity index is 0.000000206. The number of allylic oxidation sites excluding steroid dienone is 1. The van der Waals surface area contributed by atoms with E-state index >= 15 is 0 Å². The Hall–Kier alpha value is -3.03. The van der Waals surface area contributed by atoms with Crippen LogP contribution < -0.4 is 11.1 Å². The normalized spacial score (nSPS) is 13.0. The molecule has 1 aliphatic carbocycles. The van der Waals surface area contributed by atoms with Crippen molar-refractivity contribution < 1.29 is 47.0 Å². The lowest BCUT2D eigenvalue weighted by Crippen LogP contribution is -2.19. The highest BCUT2D eigenvalue weighted by atomic mass is 32.2. The predicted molar refractivity (Wildman–Crippen MR) is 137 cm³/mol. The van der Waals surface area contributed by atoms with E-state index in [1.54, 1.807) is 37.4 Å². The van der Waals surface area contributed by atoms with Gasteiger partial charge in [-0.3, -0.25) is 14.8 Å². The van der Waals surface area contributed by atoms with E-state index in [0.717, 1.165) is 5.69 Å². The van der Waals surface area contributed by atoms with Crippen LogP contribution in [0.1, 0.15) is 15.9 Å². The number of hydrogen-bond donors (Lipinski definition) is 6. The summed E-state index contributed by atoms with van der Waals surface area (Å²) in [4.78, 5) is 12.3. The quantitative estimate of drug-likeness (QED) is 0.0727. The summed E-state index contributed by atoms with van der Waals surface area (Å²) in [7, 11) is -2.58. The molecule has 1 aliphatic rings. The smallest absolute Gasteiger partial charge is 0.295 e. The largest absolute Gasteiger partial charge is 0.398 e. The molecule has 0 atom stereocenters. The number of Topliss-reactive ketones (excluding diaryl/α,β-unsaturated/α-hetero) is 1. The van der Waals surface area contributed by atoms with E-state index in [4.69, 9.17) is 26.2 Å². The molecule has 3 aromatic rings. The minimum atomic E-state index is -4.35. The van der Waals surface area contributed by atoms with Crippen molar-refractivity contribution >= 4 is 73.9 Å². The van der Waals surface area contributed by atoms with E-state index in [-0.39, 0.29) is 26.7 Å². The third-order valence-corrected chi connectivity index (χ3v) is 7.22. The molecule has 37 heavy (non-hydrogen) atoms. The molecule has 7 N–H and O–H groups in total. The van der Waals surface area contributed by atoms with Crippen LogP contribution in [0.2, 0.25) is 0 Å². The fraction of sp³-hybridized carbons (Fsp3) is 0.0476. The van der Waals surface area contributed by atoms with Gasteiger partial charge in [-0.2, -0.15) is 8.42 Å². The van der Waals surface area contributed by atoms with Crippen LogP contribution >= 0.6 is 24.1 Å². The lowest BCUT2D eigenvalue weighted by atomic mass is 9.94. The minimum absolute atomic E-state index is 0.193. The zero-order chi connectivity index (χ0) is 27.2. The van der Waals surface area contributed by atoms with E-state index < -0.39 is 10.1 Å². The number of ketones is 1. The second kappa shape index (κ2) is 12.5. The standard InChI is InChI=1S/C11H10N2O4S.C10H9NO6S2/c1-13-7-2-3-8-6(4-7)5-9(18-17-16-15)10(12)11(8)14;11-8-5-4-6-7(10(8)18-17-16-12)2-1-3-9(6)19(13,14)15/h2-5,12-13,15H,1H3;1-5,12H,11H2,(H,13,14,15). The van der Waals surface area contributed by atoms with Crippen molar-refractivity contribution in [2.24, 2.45) is 0 Å². The Kier molecular flexibility index (Phi) is 9.62. The third-order valence-electron chi connectivity index (χ3n) is 4.93. The zero-order valence-electron chi connectivity index (χ0n) is 18.7. The highest BCUT2D eigenvalue weighted by Crippen LogP contribution is 2.36. The van der Waals surface area contributed by atoms with Crippen LogP contribution in [-0.4, -0.2) is 42.0 Å². The first kappa shape index (κ1) is 28.5. The van der Waals surface area contributed by atoms with Gasteiger partial charge < -0.3 is 11.1 Å². The first-order chi connectivity index (χ1) is 17.6. The van der Waals surface area contributed by atoms with Gasteiger partial charge in [0.2, 0.25) is 5.78 Å². The summed E-state index contributed by atoms with van der Waals surface area (Å²) in [6.45, 7) is 0. The Bertz CT molecular complexity index is 1480. The molecule has 0 saturated heterocycles. The molecule has 0 fully saturated rings. The lowest BCUT2D eigenvalue weighted by Gasteiger charge is -2.15. The van der Waals surface area contributed by atoms with Gasteiger partial charge in [0.25, 0.3) is 10.1 Å². The topological polar surface area (TPSA) is 211 Å². The Morgan fingerprint density at radius 1 is 1.00 bits per heavy atom. The Labute approximate surface area is 218 Å². The van der Waals surface area contributed by atoms with Gasteiger partial charge in [0.05, 0.1) is 33.9 Å². The van der Waals surface area contributed by atoms with E-state index in [1.807, 2.05) is 0 Å². The first-order valence-electron chi connectivity index (χ1n) is 9.87. The average molecular weight is 570 g/mol. The monoisotopic (exact) mass is 569 g/mol. The number of fused-ring (bicyclic) bond motifs is 2. The number of carbonyl (C=O) groups is 1. The van der Waals surface area contributed by atoms with Gasteiger partial charge in [-0.25, -0.2) is 10.5 Å². The molecule has 4 rings (SSSR count). The molecule has 16 heteroatoms. The molecule has 196 valence electrons. The zero-order valence-corrected chi connectivity index (χ0v) is 21.1. The number of hydrogen-bond acceptors (Lipinski definition) is 14. The second-order valence-electron chi connectivity index (χ2n) is 7.03. The summed E-state index contributed by atoms with van der Waals surface area (Å²) in [6.07, 6.45) is 1.63. The highest BCUT2D eigenvalue weighted by Gasteiger charge is 2.25. The SMILES string of the molecule is CNc1ccc2c(c1)C=C(SOOO)C(=N)C2=O.Nc1ccc2c(S(=O)(=O)O)cccc2c1SOOO. The summed E-state index contributed by atoms with van der Waals surface area (Å²) in [5, 5.41) is 34.6. The van der Waals surface area contributed by atoms with Gasteiger partial charge >= 0.3 is 0 Å². The van der Waals surface area contributed by atoms with Crippen molar-refractivity contribution in [1.82, 2.24) is 0 Å². The molecule has 0 heterocycles. The number of nitrogen functional groups attached to an aromatic ring is 1. The second-order valence-corrected chi connectivity index (χ2v) is 9.87. The van der Waals surface area contributed by atoms with Crippen molar-refractivity contribution in [1.29, 1.82) is 5.41 Å². The minimum Gasteiger partial charge on any atom is -0.398 e. The van der Waals surface area contributed by atoms with Gasteiger partial charge in [0.1, 0.15) is 10.6 Å². The first-order valence-corrected chi connectivity index (χ1v) is 12.8. The maximum Gasteiger partial charge on any atom is 0.295 e. The van der Waals surface area contributed by atoms with Crippen molar-refractivity contribution in [2.75, 3.05) is 18.1 Å². The van der Waals surface area contributed by atoms with Crippen LogP contribution in [0.25, 0.3) is 16.8 Å². The molecule has 0 aromatic heterocycles. The molecule has 0 unspecified atom stereocenters. The van der Waals surface area contributed by atoms with Gasteiger partial charge in [-0.05, 0) is 42.0 Å². The van der Waals surface area contributed by atoms with Crippen LogP contribution in [0.4, 0.5) is 11.4 Å². The molecule has 3 aromatic carbocycles. The fourth-order valence-corrected chi connectivity index (χ4v) is 5.00. The Morgan fingerprint density at radius 2 is 1.70 bits per heavy atom. The van der Waals surface area contributed by atoms with Gasteiger partial charge in [-0.15, -0.1) is 8.67 Å². The molecular weight excluding hydrogens is 550 g/mol. The third kappa shape index (κ3) is 6.65. The molecule has 0 bridgehead atoms. The van der Waals surface area contributed by atoms with Crippen molar-refractivity contribution in [2.45, 2.75) is 9.79 Å². The number of anilines is 2.